The third-order valence-electron chi connectivity index (χ3n) is 2.86. The second-order valence-electron chi connectivity index (χ2n) is 4.19. The lowest BCUT2D eigenvalue weighted by molar-refractivity contribution is -0.140. The zero-order valence-electron chi connectivity index (χ0n) is 10.2. The normalized spacial score (nSPS) is 18.4. The van der Waals surface area contributed by atoms with E-state index in [-0.39, 0.29) is 0 Å². The standard InChI is InChI=1S/C12H13ClN2O3S/c1-7-3-2-4-8(10(7)13)14-12(18)15-6-19-5-9(15)11(16)17/h2-4,9H,5-6H2,1H3,(H,14,18)(H,16,17). The Morgan fingerprint density at radius 3 is 2.95 bits per heavy atom. The summed E-state index contributed by atoms with van der Waals surface area (Å²) in [7, 11) is 0. The lowest BCUT2D eigenvalue weighted by Gasteiger charge is -2.21. The number of carbonyl (C=O) groups is 2. The molecule has 1 heterocycles. The minimum absolute atomic E-state index is 0.367. The second-order valence-corrected chi connectivity index (χ2v) is 5.57. The molecule has 2 amide bonds. The fraction of sp³-hybridized carbons (Fsp3) is 0.333. The predicted octanol–water partition coefficient (Wildman–Crippen LogP) is 2.64. The SMILES string of the molecule is Cc1cccc(NC(=O)N2CSCC2C(=O)O)c1Cl. The van der Waals surface area contributed by atoms with E-state index >= 15 is 0 Å². The van der Waals surface area contributed by atoms with Crippen molar-refractivity contribution in [2.75, 3.05) is 16.9 Å². The molecule has 7 heteroatoms. The Balaban J connectivity index is 2.13. The summed E-state index contributed by atoms with van der Waals surface area (Å²) in [5, 5.41) is 12.2. The number of aryl methyl sites for hydroxylation is 1. The van der Waals surface area contributed by atoms with Crippen molar-refractivity contribution in [1.82, 2.24) is 4.90 Å². The number of nitrogens with zero attached hydrogens (tertiary/aromatic N) is 1. The van der Waals surface area contributed by atoms with E-state index in [1.807, 2.05) is 13.0 Å². The molecule has 0 radical (unpaired) electrons. The molecule has 19 heavy (non-hydrogen) atoms. The highest BCUT2D eigenvalue weighted by atomic mass is 35.5. The summed E-state index contributed by atoms with van der Waals surface area (Å²) in [5.74, 6) is -0.216. The second kappa shape index (κ2) is 5.71. The van der Waals surface area contributed by atoms with E-state index in [1.54, 1.807) is 12.1 Å². The van der Waals surface area contributed by atoms with Gasteiger partial charge in [0, 0.05) is 5.75 Å². The van der Waals surface area contributed by atoms with Crippen molar-refractivity contribution in [3.63, 3.8) is 0 Å². The predicted molar refractivity (Wildman–Crippen MR) is 75.8 cm³/mol. The Morgan fingerprint density at radius 2 is 2.26 bits per heavy atom. The van der Waals surface area contributed by atoms with Gasteiger partial charge < -0.3 is 15.3 Å². The van der Waals surface area contributed by atoms with Crippen molar-refractivity contribution in [3.8, 4) is 0 Å². The Morgan fingerprint density at radius 1 is 1.53 bits per heavy atom. The van der Waals surface area contributed by atoms with E-state index in [0.717, 1.165) is 5.56 Å². The van der Waals surface area contributed by atoms with Gasteiger partial charge in [-0.05, 0) is 18.6 Å². The summed E-state index contributed by atoms with van der Waals surface area (Å²) < 4.78 is 0. The van der Waals surface area contributed by atoms with Gasteiger partial charge in [0.05, 0.1) is 16.6 Å². The third-order valence-corrected chi connectivity index (χ3v) is 4.38. The largest absolute Gasteiger partial charge is 0.480 e. The number of benzene rings is 1. The molecule has 1 fully saturated rings. The van der Waals surface area contributed by atoms with Gasteiger partial charge in [0.15, 0.2) is 0 Å². The molecule has 0 aromatic heterocycles. The number of hydrogen-bond donors (Lipinski definition) is 2. The highest BCUT2D eigenvalue weighted by Crippen LogP contribution is 2.27. The van der Waals surface area contributed by atoms with Gasteiger partial charge in [-0.25, -0.2) is 9.59 Å². The van der Waals surface area contributed by atoms with Crippen LogP contribution in [0.5, 0.6) is 0 Å². The van der Waals surface area contributed by atoms with Crippen molar-refractivity contribution >= 4 is 41.1 Å². The van der Waals surface area contributed by atoms with E-state index in [2.05, 4.69) is 5.32 Å². The molecule has 102 valence electrons. The Hall–Kier alpha value is -1.40. The molecule has 0 bridgehead atoms. The molecule has 1 unspecified atom stereocenters. The summed E-state index contributed by atoms with van der Waals surface area (Å²) in [6.45, 7) is 1.84. The van der Waals surface area contributed by atoms with Crippen LogP contribution in [-0.4, -0.2) is 39.7 Å². The number of urea groups is 1. The number of rotatable bonds is 2. The van der Waals surface area contributed by atoms with Crippen LogP contribution in [0.15, 0.2) is 18.2 Å². The third kappa shape index (κ3) is 2.96. The van der Waals surface area contributed by atoms with Gasteiger partial charge in [-0.3, -0.25) is 0 Å². The highest BCUT2D eigenvalue weighted by Gasteiger charge is 2.34. The summed E-state index contributed by atoms with van der Waals surface area (Å²) in [5.41, 5.74) is 1.35. The van der Waals surface area contributed by atoms with Crippen LogP contribution in [0.2, 0.25) is 5.02 Å². The van der Waals surface area contributed by atoms with Gasteiger partial charge in [0.2, 0.25) is 0 Å². The zero-order chi connectivity index (χ0) is 14.0. The van der Waals surface area contributed by atoms with E-state index < -0.39 is 18.0 Å². The number of hydrogen-bond acceptors (Lipinski definition) is 3. The van der Waals surface area contributed by atoms with Crippen LogP contribution in [0.3, 0.4) is 0 Å². The number of thioether (sulfide) groups is 1. The number of anilines is 1. The first kappa shape index (κ1) is 14.0. The van der Waals surface area contributed by atoms with Crippen molar-refractivity contribution in [2.24, 2.45) is 0 Å². The summed E-state index contributed by atoms with van der Waals surface area (Å²) >= 11 is 7.50. The van der Waals surface area contributed by atoms with Crippen molar-refractivity contribution in [1.29, 1.82) is 0 Å². The molecule has 0 spiro atoms. The minimum Gasteiger partial charge on any atom is -0.480 e. The zero-order valence-corrected chi connectivity index (χ0v) is 11.8. The molecule has 5 nitrogen and oxygen atoms in total. The Bertz CT molecular complexity index is 524. The van der Waals surface area contributed by atoms with Crippen LogP contribution in [0.4, 0.5) is 10.5 Å². The summed E-state index contributed by atoms with van der Waals surface area (Å²) in [6.07, 6.45) is 0. The Labute approximate surface area is 119 Å². The minimum atomic E-state index is -0.990. The molecule has 1 aliphatic heterocycles. The summed E-state index contributed by atoms with van der Waals surface area (Å²) in [6, 6.07) is 4.08. The topological polar surface area (TPSA) is 69.6 Å². The van der Waals surface area contributed by atoms with E-state index in [1.165, 1.54) is 16.7 Å². The molecule has 2 N–H and O–H groups in total. The molecule has 1 aromatic carbocycles. The smallest absolute Gasteiger partial charge is 0.327 e. The van der Waals surface area contributed by atoms with Gasteiger partial charge in [-0.1, -0.05) is 23.7 Å². The number of carboxylic acids is 1. The van der Waals surface area contributed by atoms with Crippen LogP contribution in [-0.2, 0) is 4.79 Å². The average Bonchev–Trinajstić information content (AvgIpc) is 2.84. The molecule has 0 saturated carbocycles. The van der Waals surface area contributed by atoms with E-state index in [0.29, 0.717) is 22.3 Å². The van der Waals surface area contributed by atoms with Crippen molar-refractivity contribution in [3.05, 3.63) is 28.8 Å². The van der Waals surface area contributed by atoms with Crippen LogP contribution in [0.25, 0.3) is 0 Å². The number of nitrogens with one attached hydrogen (secondary N) is 1. The first-order chi connectivity index (χ1) is 9.00. The fourth-order valence-electron chi connectivity index (χ4n) is 1.78. The fourth-order valence-corrected chi connectivity index (χ4v) is 3.10. The first-order valence-electron chi connectivity index (χ1n) is 5.64. The lowest BCUT2D eigenvalue weighted by Crippen LogP contribution is -2.44. The van der Waals surface area contributed by atoms with Crippen molar-refractivity contribution in [2.45, 2.75) is 13.0 Å². The van der Waals surface area contributed by atoms with Crippen molar-refractivity contribution < 1.29 is 14.7 Å². The molecule has 2 rings (SSSR count). The van der Waals surface area contributed by atoms with Crippen LogP contribution in [0.1, 0.15) is 5.56 Å². The van der Waals surface area contributed by atoms with Gasteiger partial charge in [-0.2, -0.15) is 0 Å². The van der Waals surface area contributed by atoms with Gasteiger partial charge in [0.1, 0.15) is 6.04 Å². The number of halogens is 1. The number of amides is 2. The number of carbonyl (C=O) groups excluding carboxylic acids is 1. The maximum Gasteiger partial charge on any atom is 0.327 e. The van der Waals surface area contributed by atoms with Crippen LogP contribution >= 0.6 is 23.4 Å². The van der Waals surface area contributed by atoms with E-state index in [9.17, 15) is 9.59 Å². The van der Waals surface area contributed by atoms with Crippen LogP contribution < -0.4 is 5.32 Å². The molecular weight excluding hydrogens is 288 g/mol. The van der Waals surface area contributed by atoms with Gasteiger partial charge in [-0.15, -0.1) is 11.8 Å². The maximum absolute atomic E-state index is 12.1. The lowest BCUT2D eigenvalue weighted by atomic mass is 10.2. The highest BCUT2D eigenvalue weighted by molar-refractivity contribution is 7.99. The number of carboxylic acid groups (broad SMARTS) is 1. The average molecular weight is 301 g/mol. The number of aliphatic carboxylic acids is 1. The summed E-state index contributed by atoms with van der Waals surface area (Å²) in [4.78, 5) is 24.4. The first-order valence-corrected chi connectivity index (χ1v) is 7.17. The molecule has 1 aromatic rings. The van der Waals surface area contributed by atoms with Gasteiger partial charge in [0.25, 0.3) is 0 Å². The van der Waals surface area contributed by atoms with E-state index in [4.69, 9.17) is 16.7 Å². The Kier molecular flexibility index (Phi) is 4.21. The molecule has 0 aliphatic carbocycles. The maximum atomic E-state index is 12.1. The quantitative estimate of drug-likeness (QED) is 0.881. The molecule has 1 saturated heterocycles. The van der Waals surface area contributed by atoms with Gasteiger partial charge >= 0.3 is 12.0 Å². The molecule has 1 atom stereocenters. The molecule has 1 aliphatic rings. The monoisotopic (exact) mass is 300 g/mol. The van der Waals surface area contributed by atoms with Crippen LogP contribution in [0, 0.1) is 6.92 Å². The molecular formula is C12H13ClN2O3S.